The molecule has 1 atom stereocenters. The lowest BCUT2D eigenvalue weighted by molar-refractivity contribution is -0.150. The standard InChI is InChI=1S/C20H27NO4/c1-14(22)24-17-13-15-7-5-6-8-16(15)20(17)9-11-21(12-10-20)18(23)25-19(2,3)4/h5-8,17H,9-13H2,1-4H3/t17-/m1/s1. The summed E-state index contributed by atoms with van der Waals surface area (Å²) in [6.07, 6.45) is 1.89. The number of hydrogen-bond acceptors (Lipinski definition) is 4. The fraction of sp³-hybridized carbons (Fsp3) is 0.600. The number of hydrogen-bond donors (Lipinski definition) is 0. The lowest BCUT2D eigenvalue weighted by atomic mass is 9.72. The van der Waals surface area contributed by atoms with Crippen LogP contribution in [0.25, 0.3) is 0 Å². The molecule has 1 fully saturated rings. The van der Waals surface area contributed by atoms with Gasteiger partial charge in [0.2, 0.25) is 0 Å². The maximum absolute atomic E-state index is 12.3. The van der Waals surface area contributed by atoms with Crippen molar-refractivity contribution in [3.8, 4) is 0 Å². The smallest absolute Gasteiger partial charge is 0.410 e. The van der Waals surface area contributed by atoms with Crippen molar-refractivity contribution in [3.05, 3.63) is 35.4 Å². The number of benzene rings is 1. The third kappa shape index (κ3) is 3.51. The second kappa shape index (κ2) is 6.36. The molecule has 136 valence electrons. The van der Waals surface area contributed by atoms with Gasteiger partial charge in [0.05, 0.1) is 0 Å². The number of esters is 1. The average molecular weight is 345 g/mol. The van der Waals surface area contributed by atoms with Crippen molar-refractivity contribution in [1.82, 2.24) is 4.90 Å². The molecule has 1 aliphatic carbocycles. The van der Waals surface area contributed by atoms with Crippen molar-refractivity contribution in [1.29, 1.82) is 0 Å². The van der Waals surface area contributed by atoms with Crippen LogP contribution in [-0.2, 0) is 26.1 Å². The first kappa shape index (κ1) is 17.8. The van der Waals surface area contributed by atoms with Gasteiger partial charge in [0.15, 0.2) is 0 Å². The van der Waals surface area contributed by atoms with Gasteiger partial charge in [-0.05, 0) is 44.7 Å². The van der Waals surface area contributed by atoms with Gasteiger partial charge in [-0.25, -0.2) is 4.79 Å². The normalized spacial score (nSPS) is 21.8. The first-order valence-electron chi connectivity index (χ1n) is 8.95. The fourth-order valence-corrected chi connectivity index (χ4v) is 4.11. The summed E-state index contributed by atoms with van der Waals surface area (Å²) in [4.78, 5) is 25.7. The molecular formula is C20H27NO4. The second-order valence-corrected chi connectivity index (χ2v) is 8.08. The zero-order valence-corrected chi connectivity index (χ0v) is 15.5. The van der Waals surface area contributed by atoms with Crippen LogP contribution in [0.1, 0.15) is 51.7 Å². The predicted molar refractivity (Wildman–Crippen MR) is 94.4 cm³/mol. The van der Waals surface area contributed by atoms with Crippen molar-refractivity contribution >= 4 is 12.1 Å². The maximum atomic E-state index is 12.3. The van der Waals surface area contributed by atoms with Crippen LogP contribution in [0.3, 0.4) is 0 Å². The van der Waals surface area contributed by atoms with Crippen LogP contribution >= 0.6 is 0 Å². The van der Waals surface area contributed by atoms with Gasteiger partial charge in [-0.2, -0.15) is 0 Å². The molecule has 3 rings (SSSR count). The summed E-state index contributed by atoms with van der Waals surface area (Å²) >= 11 is 0. The Labute approximate surface area is 149 Å². The molecule has 5 nitrogen and oxygen atoms in total. The summed E-state index contributed by atoms with van der Waals surface area (Å²) in [6, 6.07) is 8.32. The molecule has 0 unspecified atom stereocenters. The molecule has 0 saturated carbocycles. The lowest BCUT2D eigenvalue weighted by Gasteiger charge is -2.43. The van der Waals surface area contributed by atoms with Crippen molar-refractivity contribution < 1.29 is 19.1 Å². The molecule has 0 bridgehead atoms. The molecule has 0 aromatic heterocycles. The number of amides is 1. The van der Waals surface area contributed by atoms with E-state index in [1.54, 1.807) is 4.90 Å². The van der Waals surface area contributed by atoms with Crippen molar-refractivity contribution in [2.45, 2.75) is 64.1 Å². The van der Waals surface area contributed by atoms with Gasteiger partial charge >= 0.3 is 12.1 Å². The van der Waals surface area contributed by atoms with Crippen LogP contribution in [0.5, 0.6) is 0 Å². The van der Waals surface area contributed by atoms with E-state index >= 15 is 0 Å². The minimum absolute atomic E-state index is 0.150. The van der Waals surface area contributed by atoms with Crippen molar-refractivity contribution in [2.75, 3.05) is 13.1 Å². The van der Waals surface area contributed by atoms with Gasteiger partial charge in [0.25, 0.3) is 0 Å². The lowest BCUT2D eigenvalue weighted by Crippen LogP contribution is -2.51. The number of nitrogens with zero attached hydrogens (tertiary/aromatic N) is 1. The highest BCUT2D eigenvalue weighted by Gasteiger charge is 2.50. The predicted octanol–water partition coefficient (Wildman–Crippen LogP) is 3.44. The summed E-state index contributed by atoms with van der Waals surface area (Å²) in [6.45, 7) is 8.31. The molecule has 1 aromatic carbocycles. The Morgan fingerprint density at radius 2 is 1.80 bits per heavy atom. The van der Waals surface area contributed by atoms with E-state index in [2.05, 4.69) is 12.1 Å². The Morgan fingerprint density at radius 1 is 1.16 bits per heavy atom. The molecule has 1 amide bonds. The summed E-state index contributed by atoms with van der Waals surface area (Å²) < 4.78 is 11.2. The number of piperidine rings is 1. The SMILES string of the molecule is CC(=O)O[C@@H]1Cc2ccccc2C12CCN(C(=O)OC(C)(C)C)CC2. The van der Waals surface area contributed by atoms with Gasteiger partial charge in [-0.3, -0.25) is 4.79 Å². The number of fused-ring (bicyclic) bond motifs is 2. The first-order valence-corrected chi connectivity index (χ1v) is 8.95. The van der Waals surface area contributed by atoms with Gasteiger partial charge in [-0.15, -0.1) is 0 Å². The van der Waals surface area contributed by atoms with Crippen LogP contribution in [0, 0.1) is 0 Å². The van der Waals surface area contributed by atoms with E-state index in [-0.39, 0.29) is 23.6 Å². The molecule has 0 N–H and O–H groups in total. The quantitative estimate of drug-likeness (QED) is 0.732. The number of carbonyl (C=O) groups excluding carboxylic acids is 2. The maximum Gasteiger partial charge on any atom is 0.410 e. The minimum Gasteiger partial charge on any atom is -0.461 e. The van der Waals surface area contributed by atoms with Crippen molar-refractivity contribution in [2.24, 2.45) is 0 Å². The van der Waals surface area contributed by atoms with Crippen LogP contribution < -0.4 is 0 Å². The van der Waals surface area contributed by atoms with Gasteiger partial charge in [-0.1, -0.05) is 24.3 Å². The Bertz CT molecular complexity index is 669. The van der Waals surface area contributed by atoms with E-state index in [9.17, 15) is 9.59 Å². The monoisotopic (exact) mass is 345 g/mol. The van der Waals surface area contributed by atoms with E-state index in [0.29, 0.717) is 13.1 Å². The van der Waals surface area contributed by atoms with E-state index in [1.807, 2.05) is 32.9 Å². The highest BCUT2D eigenvalue weighted by atomic mass is 16.6. The third-order valence-electron chi connectivity index (χ3n) is 5.19. The summed E-state index contributed by atoms with van der Waals surface area (Å²) in [5.74, 6) is -0.244. The topological polar surface area (TPSA) is 55.8 Å². The molecule has 0 radical (unpaired) electrons. The van der Waals surface area contributed by atoms with Crippen LogP contribution in [0.15, 0.2) is 24.3 Å². The molecule has 1 spiro atoms. The van der Waals surface area contributed by atoms with E-state index in [1.165, 1.54) is 18.1 Å². The molecule has 5 heteroatoms. The zero-order chi connectivity index (χ0) is 18.2. The molecule has 1 aromatic rings. The number of carbonyl (C=O) groups is 2. The highest BCUT2D eigenvalue weighted by Crippen LogP contribution is 2.47. The Kier molecular flexibility index (Phi) is 4.52. The molecule has 1 saturated heterocycles. The molecular weight excluding hydrogens is 318 g/mol. The molecule has 1 aliphatic heterocycles. The summed E-state index contributed by atoms with van der Waals surface area (Å²) in [5, 5.41) is 0. The number of likely N-dealkylation sites (tertiary alicyclic amines) is 1. The van der Waals surface area contributed by atoms with Crippen molar-refractivity contribution in [3.63, 3.8) is 0 Å². The Hall–Kier alpha value is -2.04. The highest BCUT2D eigenvalue weighted by molar-refractivity contribution is 5.69. The zero-order valence-electron chi connectivity index (χ0n) is 15.5. The first-order chi connectivity index (χ1) is 11.7. The average Bonchev–Trinajstić information content (AvgIpc) is 2.80. The van der Waals surface area contributed by atoms with Crippen LogP contribution in [0.2, 0.25) is 0 Å². The summed E-state index contributed by atoms with van der Waals surface area (Å²) in [7, 11) is 0. The van der Waals surface area contributed by atoms with Gasteiger partial charge in [0.1, 0.15) is 11.7 Å². The largest absolute Gasteiger partial charge is 0.461 e. The second-order valence-electron chi connectivity index (χ2n) is 8.08. The summed E-state index contributed by atoms with van der Waals surface area (Å²) in [5.41, 5.74) is 1.83. The van der Waals surface area contributed by atoms with Crippen LogP contribution in [0.4, 0.5) is 4.79 Å². The van der Waals surface area contributed by atoms with Gasteiger partial charge < -0.3 is 14.4 Å². The fourth-order valence-electron chi connectivity index (χ4n) is 4.11. The van der Waals surface area contributed by atoms with Gasteiger partial charge in [0, 0.05) is 31.8 Å². The number of rotatable bonds is 1. The number of ether oxygens (including phenoxy) is 2. The van der Waals surface area contributed by atoms with E-state index < -0.39 is 5.60 Å². The Morgan fingerprint density at radius 3 is 2.40 bits per heavy atom. The molecule has 1 heterocycles. The van der Waals surface area contributed by atoms with E-state index in [4.69, 9.17) is 9.47 Å². The third-order valence-corrected chi connectivity index (χ3v) is 5.19. The molecule has 2 aliphatic rings. The molecule has 25 heavy (non-hydrogen) atoms. The Balaban J connectivity index is 1.79. The van der Waals surface area contributed by atoms with E-state index in [0.717, 1.165) is 19.3 Å². The minimum atomic E-state index is -0.494. The van der Waals surface area contributed by atoms with Crippen LogP contribution in [-0.4, -0.2) is 41.8 Å².